The van der Waals surface area contributed by atoms with Crippen molar-refractivity contribution in [3.8, 4) is 11.5 Å². The number of aliphatic hydroxyl groups is 1. The van der Waals surface area contributed by atoms with E-state index in [9.17, 15) is 19.8 Å². The number of phenolic OH excluding ortho intramolecular Hbond substituents is 1. The van der Waals surface area contributed by atoms with Crippen LogP contribution in [0, 0.1) is 0 Å². The topological polar surface area (TPSA) is 109 Å². The summed E-state index contributed by atoms with van der Waals surface area (Å²) in [6.45, 7) is 3.33. The van der Waals surface area contributed by atoms with E-state index in [1.165, 1.54) is 6.07 Å². The third kappa shape index (κ3) is 4.23. The van der Waals surface area contributed by atoms with Crippen LogP contribution in [0.5, 0.6) is 11.5 Å². The van der Waals surface area contributed by atoms with E-state index in [0.717, 1.165) is 0 Å². The minimum Gasteiger partial charge on any atom is -0.507 e. The highest BCUT2D eigenvalue weighted by molar-refractivity contribution is 6.23. The van der Waals surface area contributed by atoms with Gasteiger partial charge in [-0.2, -0.15) is 0 Å². The number of amides is 1. The number of aldehydes is 1. The number of benzene rings is 1. The summed E-state index contributed by atoms with van der Waals surface area (Å²) in [5, 5.41) is 19.7. The van der Waals surface area contributed by atoms with Crippen molar-refractivity contribution in [3.05, 3.63) is 35.4 Å². The first kappa shape index (κ1) is 20.0. The van der Waals surface area contributed by atoms with Crippen molar-refractivity contribution in [3.63, 3.8) is 0 Å². The maximum absolute atomic E-state index is 13.1. The van der Waals surface area contributed by atoms with Crippen LogP contribution in [-0.2, 0) is 9.53 Å². The van der Waals surface area contributed by atoms with Crippen LogP contribution >= 0.6 is 0 Å². The van der Waals surface area contributed by atoms with Gasteiger partial charge in [-0.15, -0.1) is 0 Å². The molecule has 8 heteroatoms. The van der Waals surface area contributed by atoms with Crippen LogP contribution in [0.2, 0.25) is 0 Å². The van der Waals surface area contributed by atoms with Crippen molar-refractivity contribution in [1.29, 1.82) is 0 Å². The summed E-state index contributed by atoms with van der Waals surface area (Å²) >= 11 is 0. The molecule has 2 N–H and O–H groups in total. The monoisotopic (exact) mass is 388 g/mol. The zero-order valence-corrected chi connectivity index (χ0v) is 15.7. The Morgan fingerprint density at radius 1 is 1.50 bits per heavy atom. The molecule has 2 heterocycles. The molecule has 0 aromatic heterocycles. The van der Waals surface area contributed by atoms with Crippen LogP contribution in [0.3, 0.4) is 0 Å². The molecule has 150 valence electrons. The van der Waals surface area contributed by atoms with E-state index in [0.29, 0.717) is 43.7 Å². The van der Waals surface area contributed by atoms with Crippen molar-refractivity contribution in [2.45, 2.75) is 25.5 Å². The molecule has 0 saturated carbocycles. The first-order chi connectivity index (χ1) is 13.5. The maximum Gasteiger partial charge on any atom is 0.255 e. The fourth-order valence-corrected chi connectivity index (χ4v) is 3.32. The number of aliphatic hydroxyl groups excluding tert-OH is 1. The summed E-state index contributed by atoms with van der Waals surface area (Å²) in [6, 6.07) is 4.20. The molecule has 1 amide bonds. The van der Waals surface area contributed by atoms with Gasteiger partial charge in [0.05, 0.1) is 42.2 Å². The fourth-order valence-electron chi connectivity index (χ4n) is 3.32. The molecule has 2 aliphatic heterocycles. The Kier molecular flexibility index (Phi) is 6.43. The van der Waals surface area contributed by atoms with Crippen molar-refractivity contribution < 1.29 is 29.3 Å². The maximum atomic E-state index is 13.1. The summed E-state index contributed by atoms with van der Waals surface area (Å²) in [5.41, 5.74) is 0.883. The lowest BCUT2D eigenvalue weighted by Gasteiger charge is -2.36. The Bertz CT molecular complexity index is 802. The highest BCUT2D eigenvalue weighted by atomic mass is 16.5. The predicted octanol–water partition coefficient (Wildman–Crippen LogP) is 0.963. The molecular formula is C20H24N2O6. The van der Waals surface area contributed by atoms with Gasteiger partial charge in [0.2, 0.25) is 0 Å². The third-order valence-electron chi connectivity index (χ3n) is 4.74. The largest absolute Gasteiger partial charge is 0.507 e. The molecule has 1 fully saturated rings. The third-order valence-corrected chi connectivity index (χ3v) is 4.74. The van der Waals surface area contributed by atoms with Crippen molar-refractivity contribution in [2.24, 2.45) is 4.99 Å². The number of hydrogen-bond acceptors (Lipinski definition) is 7. The van der Waals surface area contributed by atoms with E-state index in [1.807, 2.05) is 6.08 Å². The quantitative estimate of drug-likeness (QED) is 0.703. The van der Waals surface area contributed by atoms with E-state index >= 15 is 0 Å². The molecule has 0 aliphatic carbocycles. The minimum absolute atomic E-state index is 0.0654. The number of nitrogens with zero attached hydrogens (tertiary/aromatic N) is 2. The van der Waals surface area contributed by atoms with Crippen LogP contribution in [0.15, 0.2) is 34.8 Å². The first-order valence-corrected chi connectivity index (χ1v) is 9.24. The smallest absolute Gasteiger partial charge is 0.255 e. The van der Waals surface area contributed by atoms with Gasteiger partial charge in [-0.05, 0) is 25.5 Å². The number of morpholine rings is 1. The molecular weight excluding hydrogens is 364 g/mol. The van der Waals surface area contributed by atoms with E-state index in [-0.39, 0.29) is 42.2 Å². The van der Waals surface area contributed by atoms with Crippen LogP contribution in [0.1, 0.15) is 23.7 Å². The van der Waals surface area contributed by atoms with Crippen LogP contribution in [0.4, 0.5) is 0 Å². The predicted molar refractivity (Wildman–Crippen MR) is 102 cm³/mol. The van der Waals surface area contributed by atoms with Gasteiger partial charge in [-0.25, -0.2) is 0 Å². The summed E-state index contributed by atoms with van der Waals surface area (Å²) in [5.74, 6) is -0.135. The lowest BCUT2D eigenvalue weighted by molar-refractivity contribution is -0.136. The standard InChI is InChI=1S/C20H24N2O6/c1-13(24)19-15(4-3-7-21-19)20(26)22-8-9-27-11-14(22)12-28-18-6-2-5-17(25)16(18)10-23/h2,4-6,10,13-14,24-25H,3,7-9,11-12H2,1H3/t13?,14-/m0/s1. The SMILES string of the molecule is CC(O)C1=NCCC=C1C(=O)N1CCOC[C@H]1COc1cccc(O)c1C=O. The Balaban J connectivity index is 1.75. The van der Waals surface area contributed by atoms with Crippen LogP contribution in [0.25, 0.3) is 0 Å². The number of ether oxygens (including phenoxy) is 2. The van der Waals surface area contributed by atoms with Gasteiger partial charge in [0.25, 0.3) is 5.91 Å². The van der Waals surface area contributed by atoms with E-state index < -0.39 is 6.10 Å². The number of dihydropyridines is 1. The number of aromatic hydroxyl groups is 1. The van der Waals surface area contributed by atoms with Crippen molar-refractivity contribution in [1.82, 2.24) is 4.90 Å². The van der Waals surface area contributed by atoms with Gasteiger partial charge in [0.1, 0.15) is 18.1 Å². The average Bonchev–Trinajstić information content (AvgIpc) is 2.72. The number of carbonyl (C=O) groups excluding carboxylic acids is 2. The van der Waals surface area contributed by atoms with Gasteiger partial charge in [-0.3, -0.25) is 14.6 Å². The van der Waals surface area contributed by atoms with Crippen molar-refractivity contribution >= 4 is 17.9 Å². The molecule has 3 rings (SSSR count). The Labute approximate surface area is 163 Å². The fraction of sp³-hybridized carbons (Fsp3) is 0.450. The lowest BCUT2D eigenvalue weighted by Crippen LogP contribution is -2.53. The molecule has 28 heavy (non-hydrogen) atoms. The molecule has 0 radical (unpaired) electrons. The number of aliphatic imine (C=N–C) groups is 1. The van der Waals surface area contributed by atoms with Gasteiger partial charge in [-0.1, -0.05) is 12.1 Å². The molecule has 1 aromatic carbocycles. The zero-order chi connectivity index (χ0) is 20.1. The zero-order valence-electron chi connectivity index (χ0n) is 15.7. The van der Waals surface area contributed by atoms with Crippen LogP contribution in [-0.4, -0.2) is 78.1 Å². The second-order valence-corrected chi connectivity index (χ2v) is 6.69. The normalized spacial score (nSPS) is 20.8. The number of rotatable bonds is 6. The molecule has 2 aliphatic rings. The first-order valence-electron chi connectivity index (χ1n) is 9.24. The number of carbonyl (C=O) groups is 2. The van der Waals surface area contributed by atoms with Crippen LogP contribution < -0.4 is 4.74 Å². The van der Waals surface area contributed by atoms with E-state index in [1.54, 1.807) is 24.0 Å². The molecule has 0 bridgehead atoms. The van der Waals surface area contributed by atoms with Gasteiger partial charge in [0.15, 0.2) is 6.29 Å². The molecule has 0 spiro atoms. The summed E-state index contributed by atoms with van der Waals surface area (Å²) in [6.07, 6.45) is 2.16. The molecule has 1 unspecified atom stereocenters. The number of phenols is 1. The Morgan fingerprint density at radius 2 is 2.32 bits per heavy atom. The Hall–Kier alpha value is -2.71. The molecule has 1 saturated heterocycles. The minimum atomic E-state index is -0.825. The van der Waals surface area contributed by atoms with E-state index in [4.69, 9.17) is 9.47 Å². The second-order valence-electron chi connectivity index (χ2n) is 6.69. The molecule has 8 nitrogen and oxygen atoms in total. The highest BCUT2D eigenvalue weighted by Crippen LogP contribution is 2.26. The number of hydrogen-bond donors (Lipinski definition) is 2. The summed E-state index contributed by atoms with van der Waals surface area (Å²) in [7, 11) is 0. The summed E-state index contributed by atoms with van der Waals surface area (Å²) < 4.78 is 11.2. The summed E-state index contributed by atoms with van der Waals surface area (Å²) in [4.78, 5) is 30.3. The van der Waals surface area contributed by atoms with Gasteiger partial charge < -0.3 is 24.6 Å². The lowest BCUT2D eigenvalue weighted by atomic mass is 10.00. The van der Waals surface area contributed by atoms with Gasteiger partial charge in [0, 0.05) is 13.1 Å². The molecule has 1 aromatic rings. The second kappa shape index (κ2) is 8.99. The van der Waals surface area contributed by atoms with Gasteiger partial charge >= 0.3 is 0 Å². The highest BCUT2D eigenvalue weighted by Gasteiger charge is 2.33. The van der Waals surface area contributed by atoms with E-state index in [2.05, 4.69) is 4.99 Å². The molecule has 2 atom stereocenters. The average molecular weight is 388 g/mol. The Morgan fingerprint density at radius 3 is 3.07 bits per heavy atom. The van der Waals surface area contributed by atoms with Crippen molar-refractivity contribution in [2.75, 3.05) is 32.9 Å².